The Morgan fingerprint density at radius 2 is 1.42 bits per heavy atom. The van der Waals surface area contributed by atoms with E-state index < -0.39 is 0 Å². The molecule has 172 valence electrons. The molecule has 1 atom stereocenters. The van der Waals surface area contributed by atoms with Gasteiger partial charge in [-0.15, -0.1) is 0 Å². The van der Waals surface area contributed by atoms with E-state index in [0.29, 0.717) is 46.5 Å². The summed E-state index contributed by atoms with van der Waals surface area (Å²) in [6.45, 7) is 0.545. The minimum Gasteiger partial charge on any atom is -0.493 e. The number of hydrogen-bond donors (Lipinski definition) is 0. The van der Waals surface area contributed by atoms with Crippen LogP contribution in [0.1, 0.15) is 33.1 Å². The number of fused-ring (bicyclic) bond motifs is 1. The van der Waals surface area contributed by atoms with Crippen molar-refractivity contribution in [3.8, 4) is 23.0 Å². The number of halogens is 1. The van der Waals surface area contributed by atoms with Gasteiger partial charge in [-0.2, -0.15) is 0 Å². The van der Waals surface area contributed by atoms with E-state index in [1.807, 2.05) is 35.2 Å². The van der Waals surface area contributed by atoms with Gasteiger partial charge in [-0.3, -0.25) is 4.79 Å². The van der Waals surface area contributed by atoms with Crippen molar-refractivity contribution < 1.29 is 23.7 Å². The fraction of sp³-hybridized carbons (Fsp3) is 0.269. The van der Waals surface area contributed by atoms with E-state index >= 15 is 0 Å². The van der Waals surface area contributed by atoms with Crippen LogP contribution in [0.2, 0.25) is 5.02 Å². The van der Waals surface area contributed by atoms with Crippen molar-refractivity contribution in [1.29, 1.82) is 0 Å². The molecule has 4 rings (SSSR count). The van der Waals surface area contributed by atoms with Crippen LogP contribution >= 0.6 is 11.6 Å². The summed E-state index contributed by atoms with van der Waals surface area (Å²) in [5, 5.41) is 0.587. The monoisotopic (exact) mass is 467 g/mol. The summed E-state index contributed by atoms with van der Waals surface area (Å²) in [6, 6.07) is 16.3. The molecule has 33 heavy (non-hydrogen) atoms. The van der Waals surface area contributed by atoms with Gasteiger partial charge in [0.2, 0.25) is 0 Å². The van der Waals surface area contributed by atoms with E-state index in [0.717, 1.165) is 16.7 Å². The van der Waals surface area contributed by atoms with Crippen molar-refractivity contribution in [2.75, 3.05) is 35.0 Å². The van der Waals surface area contributed by atoms with Gasteiger partial charge in [-0.05, 0) is 71.6 Å². The fourth-order valence-corrected chi connectivity index (χ4v) is 4.43. The van der Waals surface area contributed by atoms with Gasteiger partial charge in [0.15, 0.2) is 23.0 Å². The van der Waals surface area contributed by atoms with E-state index in [9.17, 15) is 4.79 Å². The third kappa shape index (κ3) is 4.31. The average Bonchev–Trinajstić information content (AvgIpc) is 2.86. The van der Waals surface area contributed by atoms with Gasteiger partial charge in [0, 0.05) is 17.1 Å². The minimum absolute atomic E-state index is 0.0770. The van der Waals surface area contributed by atoms with E-state index in [2.05, 4.69) is 0 Å². The number of hydrogen-bond acceptors (Lipinski definition) is 5. The van der Waals surface area contributed by atoms with Crippen LogP contribution in [0.3, 0.4) is 0 Å². The first-order valence-electron chi connectivity index (χ1n) is 10.5. The first-order valence-corrected chi connectivity index (χ1v) is 10.9. The molecule has 3 aromatic rings. The Bertz CT molecular complexity index is 1160. The van der Waals surface area contributed by atoms with Crippen molar-refractivity contribution in [2.45, 2.75) is 12.5 Å². The zero-order valence-corrected chi connectivity index (χ0v) is 19.8. The van der Waals surface area contributed by atoms with E-state index in [-0.39, 0.29) is 11.9 Å². The third-order valence-corrected chi connectivity index (χ3v) is 6.20. The minimum atomic E-state index is -0.350. The highest BCUT2D eigenvalue weighted by molar-refractivity contribution is 6.30. The van der Waals surface area contributed by atoms with E-state index in [1.165, 1.54) is 0 Å². The van der Waals surface area contributed by atoms with Crippen LogP contribution in [0, 0.1) is 0 Å². The van der Waals surface area contributed by atoms with Gasteiger partial charge < -0.3 is 23.8 Å². The molecule has 1 aliphatic heterocycles. The second kappa shape index (κ2) is 9.63. The fourth-order valence-electron chi connectivity index (χ4n) is 4.31. The molecule has 7 heteroatoms. The maximum atomic E-state index is 13.6. The molecule has 0 fully saturated rings. The lowest BCUT2D eigenvalue weighted by molar-refractivity contribution is 0.0694. The average molecular weight is 468 g/mol. The lowest BCUT2D eigenvalue weighted by Crippen LogP contribution is -2.40. The molecule has 0 saturated heterocycles. The van der Waals surface area contributed by atoms with E-state index in [4.69, 9.17) is 30.5 Å². The number of nitrogens with zero attached hydrogens (tertiary/aromatic N) is 1. The Balaban J connectivity index is 1.87. The second-order valence-corrected chi connectivity index (χ2v) is 8.11. The van der Waals surface area contributed by atoms with Crippen LogP contribution in [0.5, 0.6) is 23.0 Å². The SMILES string of the molecule is COc1ccc(C2c3cc(OC)c(OC)cc3CCN2C(=O)c2ccc(Cl)cc2)cc1OC. The van der Waals surface area contributed by atoms with Crippen molar-refractivity contribution >= 4 is 17.5 Å². The van der Waals surface area contributed by atoms with Crippen molar-refractivity contribution in [3.05, 3.63) is 81.9 Å². The number of rotatable bonds is 6. The number of benzene rings is 3. The number of carbonyl (C=O) groups excluding carboxylic acids is 1. The normalized spacial score (nSPS) is 14.9. The molecular weight excluding hydrogens is 442 g/mol. The Labute approximate surface area is 198 Å². The predicted octanol–water partition coefficient (Wildman–Crippen LogP) is 5.16. The number of carbonyl (C=O) groups is 1. The largest absolute Gasteiger partial charge is 0.493 e. The highest BCUT2D eigenvalue weighted by Gasteiger charge is 2.34. The van der Waals surface area contributed by atoms with Gasteiger partial charge >= 0.3 is 0 Å². The van der Waals surface area contributed by atoms with Crippen molar-refractivity contribution in [1.82, 2.24) is 4.90 Å². The molecule has 0 saturated carbocycles. The van der Waals surface area contributed by atoms with Crippen LogP contribution in [-0.4, -0.2) is 45.8 Å². The summed E-state index contributed by atoms with van der Waals surface area (Å²) in [7, 11) is 6.42. The summed E-state index contributed by atoms with van der Waals surface area (Å²) in [4.78, 5) is 15.5. The van der Waals surface area contributed by atoms with Crippen molar-refractivity contribution in [2.24, 2.45) is 0 Å². The number of methoxy groups -OCH3 is 4. The maximum absolute atomic E-state index is 13.6. The molecule has 1 amide bonds. The molecule has 0 bridgehead atoms. The Hall–Kier alpha value is -3.38. The lowest BCUT2D eigenvalue weighted by atomic mass is 9.87. The predicted molar refractivity (Wildman–Crippen MR) is 127 cm³/mol. The third-order valence-electron chi connectivity index (χ3n) is 5.95. The van der Waals surface area contributed by atoms with E-state index in [1.54, 1.807) is 52.7 Å². The Kier molecular flexibility index (Phi) is 6.65. The van der Waals surface area contributed by atoms with Crippen LogP contribution in [0.15, 0.2) is 54.6 Å². The van der Waals surface area contributed by atoms with Crippen LogP contribution in [0.4, 0.5) is 0 Å². The highest BCUT2D eigenvalue weighted by Crippen LogP contribution is 2.43. The summed E-state index contributed by atoms with van der Waals surface area (Å²) >= 11 is 6.04. The highest BCUT2D eigenvalue weighted by atomic mass is 35.5. The molecule has 1 unspecified atom stereocenters. The molecule has 6 nitrogen and oxygen atoms in total. The molecule has 3 aromatic carbocycles. The standard InChI is InChI=1S/C26H26ClNO5/c1-30-21-10-7-18(14-22(21)31-2)25-20-15-24(33-4)23(32-3)13-17(20)11-12-28(25)26(29)16-5-8-19(27)9-6-16/h5-10,13-15,25H,11-12H2,1-4H3. The van der Waals surface area contributed by atoms with Gasteiger partial charge in [-0.1, -0.05) is 17.7 Å². The number of amides is 1. The van der Waals surface area contributed by atoms with Gasteiger partial charge in [0.25, 0.3) is 5.91 Å². The summed E-state index contributed by atoms with van der Waals surface area (Å²) in [5.41, 5.74) is 3.57. The molecule has 1 heterocycles. The Morgan fingerprint density at radius 1 is 0.818 bits per heavy atom. The summed E-state index contributed by atoms with van der Waals surface area (Å²) < 4.78 is 22.0. The number of ether oxygens (including phenoxy) is 4. The van der Waals surface area contributed by atoms with Crippen LogP contribution in [-0.2, 0) is 6.42 Å². The Morgan fingerprint density at radius 3 is 2.06 bits per heavy atom. The quantitative estimate of drug-likeness (QED) is 0.501. The van der Waals surface area contributed by atoms with Gasteiger partial charge in [0.1, 0.15) is 0 Å². The molecule has 0 N–H and O–H groups in total. The zero-order chi connectivity index (χ0) is 23.5. The molecule has 0 aliphatic carbocycles. The molecule has 0 aromatic heterocycles. The van der Waals surface area contributed by atoms with Gasteiger partial charge in [0.05, 0.1) is 34.5 Å². The molecular formula is C26H26ClNO5. The smallest absolute Gasteiger partial charge is 0.254 e. The lowest BCUT2D eigenvalue weighted by Gasteiger charge is -2.38. The van der Waals surface area contributed by atoms with Gasteiger partial charge in [-0.25, -0.2) is 0 Å². The van der Waals surface area contributed by atoms with Crippen molar-refractivity contribution in [3.63, 3.8) is 0 Å². The molecule has 0 spiro atoms. The summed E-state index contributed by atoms with van der Waals surface area (Å²) in [6.07, 6.45) is 0.693. The maximum Gasteiger partial charge on any atom is 0.254 e. The zero-order valence-electron chi connectivity index (χ0n) is 19.1. The second-order valence-electron chi connectivity index (χ2n) is 7.68. The topological polar surface area (TPSA) is 57.2 Å². The van der Waals surface area contributed by atoms with Crippen LogP contribution < -0.4 is 18.9 Å². The first kappa shape index (κ1) is 22.8. The molecule has 1 aliphatic rings. The summed E-state index contributed by atoms with van der Waals surface area (Å²) in [5.74, 6) is 2.43. The van der Waals surface area contributed by atoms with Crippen LogP contribution in [0.25, 0.3) is 0 Å². The molecule has 0 radical (unpaired) electrons. The first-order chi connectivity index (χ1) is 16.0.